The molecule has 174 valence electrons. The molecule has 3 aliphatic rings. The minimum atomic E-state index is -0.300. The Morgan fingerprint density at radius 1 is 0.879 bits per heavy atom. The number of piperazine rings is 1. The van der Waals surface area contributed by atoms with Crippen molar-refractivity contribution in [2.24, 2.45) is 5.92 Å². The van der Waals surface area contributed by atoms with Crippen LogP contribution in [0.2, 0.25) is 0 Å². The summed E-state index contributed by atoms with van der Waals surface area (Å²) in [6, 6.07) is 11.5. The summed E-state index contributed by atoms with van der Waals surface area (Å²) in [5.74, 6) is 2.29. The van der Waals surface area contributed by atoms with E-state index in [1.54, 1.807) is 12.0 Å². The van der Waals surface area contributed by atoms with Crippen LogP contribution < -0.4 is 19.4 Å². The van der Waals surface area contributed by atoms with Gasteiger partial charge in [0.2, 0.25) is 11.8 Å². The molecule has 5 rings (SSSR count). The highest BCUT2D eigenvalue weighted by atomic mass is 16.5. The Morgan fingerprint density at radius 2 is 1.48 bits per heavy atom. The summed E-state index contributed by atoms with van der Waals surface area (Å²) >= 11 is 0. The summed E-state index contributed by atoms with van der Waals surface area (Å²) in [5, 5.41) is 8.84. The van der Waals surface area contributed by atoms with E-state index < -0.39 is 0 Å². The van der Waals surface area contributed by atoms with Crippen LogP contribution in [0.4, 0.5) is 17.3 Å². The Kier molecular flexibility index (Phi) is 6.02. The Labute approximate surface area is 193 Å². The summed E-state index contributed by atoms with van der Waals surface area (Å²) in [7, 11) is 1.61. The molecule has 2 aromatic rings. The van der Waals surface area contributed by atoms with Crippen LogP contribution in [-0.2, 0) is 9.59 Å². The van der Waals surface area contributed by atoms with E-state index in [9.17, 15) is 9.59 Å². The summed E-state index contributed by atoms with van der Waals surface area (Å²) in [5.41, 5.74) is 0.803. The molecule has 2 amide bonds. The van der Waals surface area contributed by atoms with Gasteiger partial charge in [-0.05, 0) is 49.2 Å². The average molecular weight is 451 g/mol. The molecule has 0 spiro atoms. The van der Waals surface area contributed by atoms with Crippen LogP contribution >= 0.6 is 0 Å². The van der Waals surface area contributed by atoms with Crippen molar-refractivity contribution in [1.82, 2.24) is 15.1 Å². The van der Waals surface area contributed by atoms with E-state index in [2.05, 4.69) is 20.0 Å². The highest BCUT2D eigenvalue weighted by Crippen LogP contribution is 2.28. The van der Waals surface area contributed by atoms with Crippen molar-refractivity contribution in [3.05, 3.63) is 36.4 Å². The first-order chi connectivity index (χ1) is 16.1. The van der Waals surface area contributed by atoms with Gasteiger partial charge in [-0.2, -0.15) is 0 Å². The van der Waals surface area contributed by atoms with Gasteiger partial charge in [0.25, 0.3) is 0 Å². The number of nitrogens with zero attached hydrogens (tertiary/aromatic N) is 6. The molecule has 0 bridgehead atoms. The minimum absolute atomic E-state index is 0.00878. The summed E-state index contributed by atoms with van der Waals surface area (Å²) < 4.78 is 5.19. The zero-order valence-corrected chi connectivity index (χ0v) is 19.0. The van der Waals surface area contributed by atoms with Gasteiger partial charge >= 0.3 is 0 Å². The molecule has 0 N–H and O–H groups in total. The molecule has 1 atom stereocenters. The lowest BCUT2D eigenvalue weighted by Crippen LogP contribution is -2.51. The fourth-order valence-corrected chi connectivity index (χ4v) is 4.90. The Hall–Kier alpha value is -3.36. The molecule has 3 saturated heterocycles. The molecule has 9 nitrogen and oxygen atoms in total. The summed E-state index contributed by atoms with van der Waals surface area (Å²) in [4.78, 5) is 33.8. The molecule has 33 heavy (non-hydrogen) atoms. The predicted molar refractivity (Wildman–Crippen MR) is 126 cm³/mol. The van der Waals surface area contributed by atoms with Crippen molar-refractivity contribution in [2.75, 3.05) is 67.6 Å². The monoisotopic (exact) mass is 450 g/mol. The Bertz CT molecular complexity index is 982. The molecular formula is C24H30N6O3. The van der Waals surface area contributed by atoms with E-state index in [1.165, 1.54) is 12.8 Å². The maximum atomic E-state index is 13.1. The largest absolute Gasteiger partial charge is 0.497 e. The quantitative estimate of drug-likeness (QED) is 0.687. The number of hydrogen-bond donors (Lipinski definition) is 0. The van der Waals surface area contributed by atoms with Crippen molar-refractivity contribution in [2.45, 2.75) is 19.3 Å². The van der Waals surface area contributed by atoms with E-state index in [0.29, 0.717) is 32.7 Å². The van der Waals surface area contributed by atoms with Crippen molar-refractivity contribution in [3.63, 3.8) is 0 Å². The molecule has 3 aliphatic heterocycles. The molecule has 4 heterocycles. The zero-order valence-electron chi connectivity index (χ0n) is 19.0. The lowest BCUT2D eigenvalue weighted by molar-refractivity contribution is -0.136. The number of hydrogen-bond acceptors (Lipinski definition) is 7. The van der Waals surface area contributed by atoms with Gasteiger partial charge in [-0.25, -0.2) is 0 Å². The first-order valence-electron chi connectivity index (χ1n) is 11.7. The van der Waals surface area contributed by atoms with Crippen LogP contribution in [0.3, 0.4) is 0 Å². The number of rotatable bonds is 5. The number of carbonyl (C=O) groups excluding carboxylic acids is 2. The smallest absolute Gasteiger partial charge is 0.228 e. The number of aromatic nitrogens is 2. The fraction of sp³-hybridized carbons (Fsp3) is 0.500. The number of anilines is 3. The molecule has 0 aliphatic carbocycles. The lowest BCUT2D eigenvalue weighted by Gasteiger charge is -2.36. The maximum Gasteiger partial charge on any atom is 0.228 e. The van der Waals surface area contributed by atoms with Crippen LogP contribution in [0, 0.1) is 5.92 Å². The van der Waals surface area contributed by atoms with Gasteiger partial charge in [0.15, 0.2) is 11.6 Å². The summed E-state index contributed by atoms with van der Waals surface area (Å²) in [6.45, 7) is 5.21. The van der Waals surface area contributed by atoms with Crippen LogP contribution in [0.5, 0.6) is 5.75 Å². The third kappa shape index (κ3) is 4.44. The van der Waals surface area contributed by atoms with Gasteiger partial charge in [-0.1, -0.05) is 0 Å². The maximum absolute atomic E-state index is 13.1. The second-order valence-electron chi connectivity index (χ2n) is 8.86. The number of carbonyl (C=O) groups is 2. The van der Waals surface area contributed by atoms with Crippen molar-refractivity contribution in [1.29, 1.82) is 0 Å². The molecule has 3 fully saturated rings. The van der Waals surface area contributed by atoms with Gasteiger partial charge in [-0.3, -0.25) is 9.59 Å². The van der Waals surface area contributed by atoms with E-state index in [4.69, 9.17) is 4.74 Å². The Balaban J connectivity index is 1.15. The third-order valence-corrected chi connectivity index (χ3v) is 6.84. The third-order valence-electron chi connectivity index (χ3n) is 6.84. The normalized spacial score (nSPS) is 21.1. The highest BCUT2D eigenvalue weighted by molar-refractivity contribution is 6.00. The number of ether oxygens (including phenoxy) is 1. The van der Waals surface area contributed by atoms with E-state index in [0.717, 1.165) is 36.2 Å². The minimum Gasteiger partial charge on any atom is -0.497 e. The number of methoxy groups -OCH3 is 1. The first-order valence-corrected chi connectivity index (χ1v) is 11.7. The average Bonchev–Trinajstić information content (AvgIpc) is 3.54. The van der Waals surface area contributed by atoms with E-state index in [1.807, 2.05) is 41.3 Å². The topological polar surface area (TPSA) is 82.1 Å². The number of benzene rings is 1. The molecule has 1 aromatic heterocycles. The fourth-order valence-electron chi connectivity index (χ4n) is 4.90. The van der Waals surface area contributed by atoms with E-state index in [-0.39, 0.29) is 24.2 Å². The van der Waals surface area contributed by atoms with Gasteiger partial charge in [-0.15, -0.1) is 10.2 Å². The van der Waals surface area contributed by atoms with Crippen molar-refractivity contribution in [3.8, 4) is 5.75 Å². The van der Waals surface area contributed by atoms with Crippen LogP contribution in [0.25, 0.3) is 0 Å². The van der Waals surface area contributed by atoms with Gasteiger partial charge in [0.1, 0.15) is 5.75 Å². The van der Waals surface area contributed by atoms with Crippen LogP contribution in [-0.4, -0.2) is 79.8 Å². The Morgan fingerprint density at radius 3 is 2.06 bits per heavy atom. The second kappa shape index (κ2) is 9.25. The molecule has 1 unspecified atom stereocenters. The molecule has 9 heteroatoms. The number of amides is 2. The standard InChI is InChI=1S/C24H30N6O3/c1-33-20-6-4-19(5-7-20)30-17-18(16-23(30)31)24(32)29-14-12-28(13-15-29)22-9-8-21(25-26-22)27-10-2-3-11-27/h4-9,18H,2-3,10-17H2,1H3. The van der Waals surface area contributed by atoms with Crippen LogP contribution in [0.1, 0.15) is 19.3 Å². The van der Waals surface area contributed by atoms with E-state index >= 15 is 0 Å². The molecule has 1 aromatic carbocycles. The first kappa shape index (κ1) is 21.5. The molecular weight excluding hydrogens is 420 g/mol. The second-order valence-corrected chi connectivity index (χ2v) is 8.86. The van der Waals surface area contributed by atoms with Gasteiger partial charge in [0, 0.05) is 57.9 Å². The molecule has 0 radical (unpaired) electrons. The highest BCUT2D eigenvalue weighted by Gasteiger charge is 2.38. The van der Waals surface area contributed by atoms with Gasteiger partial charge in [0.05, 0.1) is 13.0 Å². The summed E-state index contributed by atoms with van der Waals surface area (Å²) in [6.07, 6.45) is 2.68. The SMILES string of the molecule is COc1ccc(N2CC(C(=O)N3CCN(c4ccc(N5CCCC5)nn4)CC3)CC2=O)cc1. The van der Waals surface area contributed by atoms with Crippen molar-refractivity contribution < 1.29 is 14.3 Å². The zero-order chi connectivity index (χ0) is 22.8. The predicted octanol–water partition coefficient (Wildman–Crippen LogP) is 1.79. The molecule has 0 saturated carbocycles. The van der Waals surface area contributed by atoms with Crippen molar-refractivity contribution >= 4 is 29.1 Å². The van der Waals surface area contributed by atoms with Crippen LogP contribution in [0.15, 0.2) is 36.4 Å². The lowest BCUT2D eigenvalue weighted by atomic mass is 10.1. The van der Waals surface area contributed by atoms with Gasteiger partial charge < -0.3 is 24.3 Å².